The third-order valence-electron chi connectivity index (χ3n) is 3.24. The van der Waals surface area contributed by atoms with Crippen LogP contribution in [0.15, 0.2) is 22.8 Å². The third kappa shape index (κ3) is 3.22. The molecule has 2 N–H and O–H groups in total. The van der Waals surface area contributed by atoms with Gasteiger partial charge in [0, 0.05) is 19.2 Å². The van der Waals surface area contributed by atoms with Crippen molar-refractivity contribution in [2.24, 2.45) is 5.73 Å². The van der Waals surface area contributed by atoms with Gasteiger partial charge < -0.3 is 5.73 Å². The van der Waals surface area contributed by atoms with Gasteiger partial charge in [-0.05, 0) is 41.4 Å². The molecule has 0 bridgehead atoms. The molecule has 0 spiro atoms. The van der Waals surface area contributed by atoms with Crippen LogP contribution in [0.2, 0.25) is 5.02 Å². The molecule has 0 saturated heterocycles. The van der Waals surface area contributed by atoms with Crippen molar-refractivity contribution in [2.75, 3.05) is 0 Å². The molecular formula is C14H18BrClN4. The van der Waals surface area contributed by atoms with E-state index in [9.17, 15) is 0 Å². The first-order chi connectivity index (χ1) is 9.56. The Morgan fingerprint density at radius 1 is 1.40 bits per heavy atom. The Hall–Kier alpha value is -0.910. The molecule has 108 valence electrons. The summed E-state index contributed by atoms with van der Waals surface area (Å²) < 4.78 is 3.06. The van der Waals surface area contributed by atoms with Gasteiger partial charge in [-0.2, -0.15) is 5.10 Å². The second-order valence-electron chi connectivity index (χ2n) is 4.59. The zero-order chi connectivity index (χ0) is 14.7. The minimum Gasteiger partial charge on any atom is -0.322 e. The van der Waals surface area contributed by atoms with Gasteiger partial charge >= 0.3 is 0 Å². The van der Waals surface area contributed by atoms with Crippen molar-refractivity contribution in [1.29, 1.82) is 0 Å². The first kappa shape index (κ1) is 15.5. The summed E-state index contributed by atoms with van der Waals surface area (Å²) >= 11 is 9.48. The number of hydrogen-bond donors (Lipinski definition) is 1. The lowest BCUT2D eigenvalue weighted by molar-refractivity contribution is 0.579. The van der Waals surface area contributed by atoms with E-state index in [-0.39, 0.29) is 6.04 Å². The van der Waals surface area contributed by atoms with Crippen molar-refractivity contribution in [3.05, 3.63) is 44.9 Å². The van der Waals surface area contributed by atoms with E-state index in [4.69, 9.17) is 17.3 Å². The predicted octanol–water partition coefficient (Wildman–Crippen LogP) is 3.52. The summed E-state index contributed by atoms with van der Waals surface area (Å²) in [5.41, 5.74) is 9.28. The minimum atomic E-state index is -0.171. The van der Waals surface area contributed by atoms with Crippen LogP contribution >= 0.6 is 27.5 Å². The van der Waals surface area contributed by atoms with E-state index < -0.39 is 0 Å². The molecular weight excluding hydrogens is 340 g/mol. The van der Waals surface area contributed by atoms with E-state index in [1.165, 1.54) is 0 Å². The zero-order valence-corrected chi connectivity index (χ0v) is 13.9. The molecule has 0 aromatic carbocycles. The first-order valence-electron chi connectivity index (χ1n) is 6.67. The second kappa shape index (κ2) is 6.70. The normalized spacial score (nSPS) is 12.7. The monoisotopic (exact) mass is 356 g/mol. The van der Waals surface area contributed by atoms with Gasteiger partial charge in [-0.25, -0.2) is 0 Å². The van der Waals surface area contributed by atoms with Crippen LogP contribution in [0.4, 0.5) is 0 Å². The Labute approximate surface area is 132 Å². The number of pyridine rings is 1. The maximum absolute atomic E-state index is 6.25. The summed E-state index contributed by atoms with van der Waals surface area (Å²) in [6.45, 7) is 5.00. The van der Waals surface area contributed by atoms with Crippen LogP contribution in [0.25, 0.3) is 0 Å². The lowest BCUT2D eigenvalue weighted by atomic mass is 10.1. The van der Waals surface area contributed by atoms with Crippen molar-refractivity contribution in [2.45, 2.75) is 39.3 Å². The van der Waals surface area contributed by atoms with E-state index >= 15 is 0 Å². The zero-order valence-electron chi connectivity index (χ0n) is 11.6. The molecule has 4 nitrogen and oxygen atoms in total. The Morgan fingerprint density at radius 2 is 2.15 bits per heavy atom. The fraction of sp³-hybridized carbons (Fsp3) is 0.429. The molecule has 20 heavy (non-hydrogen) atoms. The third-order valence-corrected chi connectivity index (χ3v) is 4.38. The van der Waals surface area contributed by atoms with Crippen molar-refractivity contribution < 1.29 is 0 Å². The van der Waals surface area contributed by atoms with Crippen LogP contribution in [-0.4, -0.2) is 14.8 Å². The van der Waals surface area contributed by atoms with Crippen LogP contribution < -0.4 is 5.73 Å². The van der Waals surface area contributed by atoms with E-state index in [1.807, 2.05) is 16.8 Å². The molecule has 0 aliphatic heterocycles. The maximum Gasteiger partial charge on any atom is 0.0766 e. The predicted molar refractivity (Wildman–Crippen MR) is 84.9 cm³/mol. The summed E-state index contributed by atoms with van der Waals surface area (Å²) in [5, 5.41) is 5.20. The largest absolute Gasteiger partial charge is 0.322 e. The number of hydrogen-bond acceptors (Lipinski definition) is 3. The molecule has 2 heterocycles. The Balaban J connectivity index is 2.25. The minimum absolute atomic E-state index is 0.171. The Morgan fingerprint density at radius 3 is 2.70 bits per heavy atom. The highest BCUT2D eigenvalue weighted by Crippen LogP contribution is 2.26. The van der Waals surface area contributed by atoms with Gasteiger partial charge in [0.1, 0.15) is 0 Å². The van der Waals surface area contributed by atoms with Crippen molar-refractivity contribution >= 4 is 27.5 Å². The highest BCUT2D eigenvalue weighted by Gasteiger charge is 2.18. The fourth-order valence-corrected chi connectivity index (χ4v) is 2.97. The van der Waals surface area contributed by atoms with Gasteiger partial charge in [0.15, 0.2) is 0 Å². The number of aromatic nitrogens is 3. The molecule has 0 amide bonds. The SMILES string of the molecule is CCc1nn(CC)c(CC(N)c2ccc(Cl)cn2)c1Br. The second-order valence-corrected chi connectivity index (χ2v) is 5.82. The summed E-state index contributed by atoms with van der Waals surface area (Å²) in [4.78, 5) is 4.28. The molecule has 2 aromatic heterocycles. The molecule has 1 atom stereocenters. The van der Waals surface area contributed by atoms with Crippen LogP contribution in [0.3, 0.4) is 0 Å². The van der Waals surface area contributed by atoms with Gasteiger partial charge in [-0.15, -0.1) is 0 Å². The fourth-order valence-electron chi connectivity index (χ4n) is 2.13. The molecule has 2 rings (SSSR count). The number of aryl methyl sites for hydroxylation is 2. The summed E-state index contributed by atoms with van der Waals surface area (Å²) in [6, 6.07) is 3.51. The van der Waals surface area contributed by atoms with Gasteiger partial charge in [0.05, 0.1) is 32.6 Å². The number of rotatable bonds is 5. The molecule has 0 saturated carbocycles. The van der Waals surface area contributed by atoms with Gasteiger partial charge in [-0.3, -0.25) is 9.67 Å². The number of halogens is 2. The Bertz CT molecular complexity index is 580. The lowest BCUT2D eigenvalue weighted by Gasteiger charge is -2.12. The molecule has 0 radical (unpaired) electrons. The number of nitrogens with two attached hydrogens (primary N) is 1. The first-order valence-corrected chi connectivity index (χ1v) is 7.85. The molecule has 6 heteroatoms. The van der Waals surface area contributed by atoms with Crippen molar-refractivity contribution in [3.63, 3.8) is 0 Å². The van der Waals surface area contributed by atoms with Crippen LogP contribution in [0.5, 0.6) is 0 Å². The Kier molecular flexibility index (Phi) is 5.18. The summed E-state index contributed by atoms with van der Waals surface area (Å²) in [5.74, 6) is 0. The van der Waals surface area contributed by atoms with E-state index in [1.54, 1.807) is 6.20 Å². The summed E-state index contributed by atoms with van der Waals surface area (Å²) in [6.07, 6.45) is 3.21. The average molecular weight is 358 g/mol. The smallest absolute Gasteiger partial charge is 0.0766 e. The molecule has 0 aliphatic carbocycles. The van der Waals surface area contributed by atoms with Gasteiger partial charge in [-0.1, -0.05) is 18.5 Å². The van der Waals surface area contributed by atoms with Gasteiger partial charge in [0.25, 0.3) is 0 Å². The van der Waals surface area contributed by atoms with Crippen LogP contribution in [-0.2, 0) is 19.4 Å². The van der Waals surface area contributed by atoms with Crippen molar-refractivity contribution in [3.8, 4) is 0 Å². The van der Waals surface area contributed by atoms with Crippen molar-refractivity contribution in [1.82, 2.24) is 14.8 Å². The summed E-state index contributed by atoms with van der Waals surface area (Å²) in [7, 11) is 0. The topological polar surface area (TPSA) is 56.7 Å². The highest BCUT2D eigenvalue weighted by atomic mass is 79.9. The molecule has 0 aliphatic rings. The molecule has 1 unspecified atom stereocenters. The van der Waals surface area contributed by atoms with E-state index in [0.717, 1.165) is 34.5 Å². The van der Waals surface area contributed by atoms with E-state index in [0.29, 0.717) is 11.4 Å². The van der Waals surface area contributed by atoms with Crippen LogP contribution in [0, 0.1) is 0 Å². The number of nitrogens with zero attached hydrogens (tertiary/aromatic N) is 3. The average Bonchev–Trinajstić information content (AvgIpc) is 2.76. The quantitative estimate of drug-likeness (QED) is 0.890. The van der Waals surface area contributed by atoms with Gasteiger partial charge in [0.2, 0.25) is 0 Å². The highest BCUT2D eigenvalue weighted by molar-refractivity contribution is 9.10. The molecule has 2 aromatic rings. The van der Waals surface area contributed by atoms with E-state index in [2.05, 4.69) is 39.9 Å². The lowest BCUT2D eigenvalue weighted by Crippen LogP contribution is -2.17. The standard InChI is InChI=1S/C14H18BrClN4/c1-3-11-14(15)13(20(4-2)19-11)7-10(17)12-6-5-9(16)8-18-12/h5-6,8,10H,3-4,7,17H2,1-2H3. The molecule has 0 fully saturated rings. The van der Waals surface area contributed by atoms with Crippen LogP contribution in [0.1, 0.15) is 37.0 Å². The maximum atomic E-state index is 6.25.